The summed E-state index contributed by atoms with van der Waals surface area (Å²) in [6, 6.07) is 6.06. The van der Waals surface area contributed by atoms with Crippen molar-refractivity contribution in [1.82, 2.24) is 4.90 Å². The van der Waals surface area contributed by atoms with Gasteiger partial charge in [-0.15, -0.1) is 0 Å². The number of ether oxygens (including phenoxy) is 1. The molecule has 0 bridgehead atoms. The molecule has 2 N–H and O–H groups in total. The molecular weight excluding hydrogens is 266 g/mol. The standard InChI is InChI=1S/C16H25N3O2/c1-4-12(2)18-7-9-19(10-8-18)15-6-5-13(17)11-14(15)16(20)21-3/h5-6,11-12H,4,7-10,17H2,1-3H3. The molecule has 1 unspecified atom stereocenters. The first-order chi connectivity index (χ1) is 10.1. The van der Waals surface area contributed by atoms with Crippen molar-refractivity contribution < 1.29 is 9.53 Å². The number of carbonyl (C=O) groups excluding carboxylic acids is 1. The zero-order chi connectivity index (χ0) is 15.4. The van der Waals surface area contributed by atoms with Gasteiger partial charge in [-0.05, 0) is 31.5 Å². The Morgan fingerprint density at radius 3 is 2.57 bits per heavy atom. The Labute approximate surface area is 126 Å². The van der Waals surface area contributed by atoms with Gasteiger partial charge in [-0.2, -0.15) is 0 Å². The number of esters is 1. The number of benzene rings is 1. The normalized spacial score (nSPS) is 17.6. The fraction of sp³-hybridized carbons (Fsp3) is 0.562. The largest absolute Gasteiger partial charge is 0.465 e. The molecule has 116 valence electrons. The van der Waals surface area contributed by atoms with Crippen LogP contribution in [0, 0.1) is 0 Å². The highest BCUT2D eigenvalue weighted by Gasteiger charge is 2.23. The van der Waals surface area contributed by atoms with Crippen LogP contribution in [0.5, 0.6) is 0 Å². The highest BCUT2D eigenvalue weighted by Crippen LogP contribution is 2.25. The van der Waals surface area contributed by atoms with Crippen LogP contribution in [0.2, 0.25) is 0 Å². The van der Waals surface area contributed by atoms with E-state index in [1.165, 1.54) is 7.11 Å². The van der Waals surface area contributed by atoms with Gasteiger partial charge in [0, 0.05) is 37.9 Å². The summed E-state index contributed by atoms with van der Waals surface area (Å²) in [4.78, 5) is 16.7. The average molecular weight is 291 g/mol. The molecule has 1 aromatic rings. The molecule has 21 heavy (non-hydrogen) atoms. The van der Waals surface area contributed by atoms with Crippen molar-refractivity contribution in [2.45, 2.75) is 26.3 Å². The topological polar surface area (TPSA) is 58.8 Å². The molecule has 1 heterocycles. The van der Waals surface area contributed by atoms with Gasteiger partial charge in [0.15, 0.2) is 0 Å². The van der Waals surface area contributed by atoms with E-state index in [1.54, 1.807) is 6.07 Å². The zero-order valence-electron chi connectivity index (χ0n) is 13.1. The van der Waals surface area contributed by atoms with Crippen molar-refractivity contribution in [2.75, 3.05) is 43.9 Å². The summed E-state index contributed by atoms with van der Waals surface area (Å²) in [5.41, 5.74) is 7.84. The smallest absolute Gasteiger partial charge is 0.340 e. The van der Waals surface area contributed by atoms with E-state index in [2.05, 4.69) is 23.6 Å². The van der Waals surface area contributed by atoms with Gasteiger partial charge >= 0.3 is 5.97 Å². The number of rotatable bonds is 4. The fourth-order valence-corrected chi connectivity index (χ4v) is 2.76. The number of piperazine rings is 1. The summed E-state index contributed by atoms with van der Waals surface area (Å²) in [5, 5.41) is 0. The van der Waals surface area contributed by atoms with Crippen molar-refractivity contribution >= 4 is 17.3 Å². The van der Waals surface area contributed by atoms with Crippen LogP contribution < -0.4 is 10.6 Å². The van der Waals surface area contributed by atoms with E-state index in [0.717, 1.165) is 38.3 Å². The van der Waals surface area contributed by atoms with Gasteiger partial charge < -0.3 is 15.4 Å². The van der Waals surface area contributed by atoms with Crippen molar-refractivity contribution in [2.24, 2.45) is 0 Å². The molecule has 1 fully saturated rings. The lowest BCUT2D eigenvalue weighted by molar-refractivity contribution is 0.0601. The maximum absolute atomic E-state index is 11.9. The maximum atomic E-state index is 11.9. The van der Waals surface area contributed by atoms with Crippen molar-refractivity contribution in [3.63, 3.8) is 0 Å². The number of nitrogens with two attached hydrogens (primary N) is 1. The zero-order valence-corrected chi connectivity index (χ0v) is 13.1. The van der Waals surface area contributed by atoms with E-state index in [4.69, 9.17) is 10.5 Å². The van der Waals surface area contributed by atoms with E-state index in [0.29, 0.717) is 17.3 Å². The van der Waals surface area contributed by atoms with Crippen molar-refractivity contribution in [3.8, 4) is 0 Å². The van der Waals surface area contributed by atoms with E-state index in [1.807, 2.05) is 12.1 Å². The Kier molecular flexibility index (Phi) is 5.07. The van der Waals surface area contributed by atoms with Crippen LogP contribution in [0.3, 0.4) is 0 Å². The Morgan fingerprint density at radius 2 is 2.00 bits per heavy atom. The summed E-state index contributed by atoms with van der Waals surface area (Å²) < 4.78 is 4.87. The molecule has 0 saturated carbocycles. The second-order valence-electron chi connectivity index (χ2n) is 5.55. The van der Waals surface area contributed by atoms with Crippen LogP contribution in [0.15, 0.2) is 18.2 Å². The molecule has 0 amide bonds. The summed E-state index contributed by atoms with van der Waals surface area (Å²) >= 11 is 0. The summed E-state index contributed by atoms with van der Waals surface area (Å²) in [7, 11) is 1.40. The minimum Gasteiger partial charge on any atom is -0.465 e. The Balaban J connectivity index is 2.15. The van der Waals surface area contributed by atoms with Gasteiger partial charge in [0.05, 0.1) is 18.4 Å². The predicted octanol–water partition coefficient (Wildman–Crippen LogP) is 1.98. The van der Waals surface area contributed by atoms with Crippen molar-refractivity contribution in [3.05, 3.63) is 23.8 Å². The number of nitrogens with zero attached hydrogens (tertiary/aromatic N) is 2. The fourth-order valence-electron chi connectivity index (χ4n) is 2.76. The van der Waals surface area contributed by atoms with Crippen LogP contribution in [0.4, 0.5) is 11.4 Å². The average Bonchev–Trinajstić information content (AvgIpc) is 2.53. The number of anilines is 2. The van der Waals surface area contributed by atoms with E-state index in [-0.39, 0.29) is 5.97 Å². The van der Waals surface area contributed by atoms with E-state index >= 15 is 0 Å². The van der Waals surface area contributed by atoms with Crippen LogP contribution in [0.1, 0.15) is 30.6 Å². The molecule has 0 spiro atoms. The molecule has 0 radical (unpaired) electrons. The molecule has 1 aliphatic rings. The second-order valence-corrected chi connectivity index (χ2v) is 5.55. The number of carbonyl (C=O) groups is 1. The molecule has 1 aliphatic heterocycles. The Bertz CT molecular complexity index is 496. The molecular formula is C16H25N3O2. The van der Waals surface area contributed by atoms with Crippen LogP contribution in [-0.2, 0) is 4.74 Å². The van der Waals surface area contributed by atoms with Gasteiger partial charge in [0.25, 0.3) is 0 Å². The Hall–Kier alpha value is -1.75. The van der Waals surface area contributed by atoms with Crippen molar-refractivity contribution in [1.29, 1.82) is 0 Å². The van der Waals surface area contributed by atoms with Crippen LogP contribution in [0.25, 0.3) is 0 Å². The SMILES string of the molecule is CCC(C)N1CCN(c2ccc(N)cc2C(=O)OC)CC1. The summed E-state index contributed by atoms with van der Waals surface area (Å²) in [5.74, 6) is -0.332. The third-order valence-electron chi connectivity index (χ3n) is 4.30. The third-order valence-corrected chi connectivity index (χ3v) is 4.30. The van der Waals surface area contributed by atoms with E-state index < -0.39 is 0 Å². The maximum Gasteiger partial charge on any atom is 0.340 e. The first-order valence-electron chi connectivity index (χ1n) is 7.53. The van der Waals surface area contributed by atoms with Gasteiger partial charge in [-0.3, -0.25) is 4.90 Å². The van der Waals surface area contributed by atoms with Crippen LogP contribution >= 0.6 is 0 Å². The lowest BCUT2D eigenvalue weighted by Gasteiger charge is -2.39. The van der Waals surface area contributed by atoms with Crippen LogP contribution in [-0.4, -0.2) is 50.2 Å². The minimum absolute atomic E-state index is 0.332. The second kappa shape index (κ2) is 6.80. The predicted molar refractivity (Wildman–Crippen MR) is 85.7 cm³/mol. The molecule has 1 atom stereocenters. The number of nitrogen functional groups attached to an aromatic ring is 1. The third kappa shape index (κ3) is 3.47. The summed E-state index contributed by atoms with van der Waals surface area (Å²) in [6.07, 6.45) is 1.16. The minimum atomic E-state index is -0.332. The van der Waals surface area contributed by atoms with Gasteiger partial charge in [-0.25, -0.2) is 4.79 Å². The highest BCUT2D eigenvalue weighted by atomic mass is 16.5. The first kappa shape index (κ1) is 15.6. The molecule has 0 aliphatic carbocycles. The number of methoxy groups -OCH3 is 1. The number of hydrogen-bond donors (Lipinski definition) is 1. The van der Waals surface area contributed by atoms with Gasteiger partial charge in [0.1, 0.15) is 0 Å². The Morgan fingerprint density at radius 1 is 1.33 bits per heavy atom. The molecule has 1 aromatic carbocycles. The molecule has 1 saturated heterocycles. The molecule has 0 aromatic heterocycles. The lowest BCUT2D eigenvalue weighted by Crippen LogP contribution is -2.49. The first-order valence-corrected chi connectivity index (χ1v) is 7.53. The highest BCUT2D eigenvalue weighted by molar-refractivity contribution is 5.97. The monoisotopic (exact) mass is 291 g/mol. The lowest BCUT2D eigenvalue weighted by atomic mass is 10.1. The molecule has 2 rings (SSSR count). The molecule has 5 nitrogen and oxygen atoms in total. The number of hydrogen-bond acceptors (Lipinski definition) is 5. The summed E-state index contributed by atoms with van der Waals surface area (Å²) in [6.45, 7) is 8.33. The van der Waals surface area contributed by atoms with Gasteiger partial charge in [0.2, 0.25) is 0 Å². The van der Waals surface area contributed by atoms with Gasteiger partial charge in [-0.1, -0.05) is 6.92 Å². The molecule has 5 heteroatoms. The van der Waals surface area contributed by atoms with E-state index in [9.17, 15) is 4.79 Å². The quantitative estimate of drug-likeness (QED) is 0.679.